The summed E-state index contributed by atoms with van der Waals surface area (Å²) >= 11 is 9.01. The number of anilines is 1. The maximum absolute atomic E-state index is 11.8. The Hall–Kier alpha value is -0.300. The second-order valence-electron chi connectivity index (χ2n) is 4.58. The summed E-state index contributed by atoms with van der Waals surface area (Å²) in [6.45, 7) is 5.30. The second-order valence-corrected chi connectivity index (χ2v) is 7.29. The molecule has 0 aliphatic carbocycles. The largest absolute Gasteiger partial charge is 0.299 e. The Labute approximate surface area is 115 Å². The smallest absolute Gasteiger partial charge is 0.270 e. The summed E-state index contributed by atoms with van der Waals surface area (Å²) in [4.78, 5) is 0. The van der Waals surface area contributed by atoms with Crippen LogP contribution < -0.4 is 9.44 Å². The fourth-order valence-electron chi connectivity index (χ4n) is 1.15. The van der Waals surface area contributed by atoms with Crippen LogP contribution in [0.25, 0.3) is 0 Å². The van der Waals surface area contributed by atoms with Gasteiger partial charge in [0.1, 0.15) is 0 Å². The van der Waals surface area contributed by atoms with Crippen molar-refractivity contribution in [3.8, 4) is 0 Å². The highest BCUT2D eigenvalue weighted by atomic mass is 79.9. The van der Waals surface area contributed by atoms with Crippen LogP contribution in [0.1, 0.15) is 20.8 Å². The maximum atomic E-state index is 11.8. The first kappa shape index (κ1) is 14.8. The fraction of sp³-hybridized carbons (Fsp3) is 0.400. The van der Waals surface area contributed by atoms with Crippen LogP contribution in [0.3, 0.4) is 0 Å². The number of benzene rings is 1. The maximum Gasteiger partial charge on any atom is 0.299 e. The van der Waals surface area contributed by atoms with Crippen LogP contribution in [0.5, 0.6) is 0 Å². The number of hydrogen-bond donors (Lipinski definition) is 2. The number of nitrogens with one attached hydrogen (secondary N) is 2. The average Bonchev–Trinajstić information content (AvgIpc) is 2.05. The topological polar surface area (TPSA) is 58.2 Å². The molecule has 0 aromatic heterocycles. The summed E-state index contributed by atoms with van der Waals surface area (Å²) in [7, 11) is -3.60. The van der Waals surface area contributed by atoms with Gasteiger partial charge < -0.3 is 0 Å². The van der Waals surface area contributed by atoms with Gasteiger partial charge in [-0.15, -0.1) is 0 Å². The van der Waals surface area contributed by atoms with Gasteiger partial charge in [-0.25, -0.2) is 0 Å². The van der Waals surface area contributed by atoms with Gasteiger partial charge in [0.25, 0.3) is 10.2 Å². The molecule has 96 valence electrons. The van der Waals surface area contributed by atoms with Crippen molar-refractivity contribution in [3.63, 3.8) is 0 Å². The minimum atomic E-state index is -3.60. The fourth-order valence-corrected chi connectivity index (χ4v) is 3.38. The molecule has 0 spiro atoms. The Balaban J connectivity index is 2.91. The Morgan fingerprint density at radius 2 is 1.88 bits per heavy atom. The summed E-state index contributed by atoms with van der Waals surface area (Å²) in [5, 5.41) is 0.531. The molecule has 0 heterocycles. The molecule has 0 aliphatic heterocycles. The summed E-state index contributed by atoms with van der Waals surface area (Å²) in [6, 6.07) is 4.83. The van der Waals surface area contributed by atoms with Crippen LogP contribution in [-0.4, -0.2) is 14.0 Å². The van der Waals surface area contributed by atoms with Crippen molar-refractivity contribution in [1.29, 1.82) is 0 Å². The Morgan fingerprint density at radius 3 is 2.35 bits per heavy atom. The predicted molar refractivity (Wildman–Crippen MR) is 74.6 cm³/mol. The van der Waals surface area contributed by atoms with Crippen LogP contribution in [0.2, 0.25) is 5.02 Å². The van der Waals surface area contributed by atoms with Gasteiger partial charge in [-0.3, -0.25) is 4.72 Å². The molecule has 0 saturated carbocycles. The first-order valence-electron chi connectivity index (χ1n) is 4.86. The van der Waals surface area contributed by atoms with E-state index in [1.54, 1.807) is 39.0 Å². The lowest BCUT2D eigenvalue weighted by Gasteiger charge is -2.21. The molecule has 2 N–H and O–H groups in total. The summed E-state index contributed by atoms with van der Waals surface area (Å²) in [5.41, 5.74) is -0.101. The van der Waals surface area contributed by atoms with Gasteiger partial charge in [0.05, 0.1) is 5.69 Å². The highest BCUT2D eigenvalue weighted by Crippen LogP contribution is 2.26. The summed E-state index contributed by atoms with van der Waals surface area (Å²) in [5.74, 6) is 0. The van der Waals surface area contributed by atoms with Gasteiger partial charge >= 0.3 is 0 Å². The van der Waals surface area contributed by atoms with Crippen molar-refractivity contribution in [3.05, 3.63) is 27.7 Å². The van der Waals surface area contributed by atoms with Crippen molar-refractivity contribution in [2.75, 3.05) is 4.72 Å². The third kappa shape index (κ3) is 5.25. The minimum absolute atomic E-state index is 0.436. The van der Waals surface area contributed by atoms with Crippen LogP contribution >= 0.6 is 27.5 Å². The van der Waals surface area contributed by atoms with E-state index >= 15 is 0 Å². The molecule has 0 atom stereocenters. The van der Waals surface area contributed by atoms with Crippen LogP contribution in [0.4, 0.5) is 5.69 Å². The van der Waals surface area contributed by atoms with Crippen LogP contribution in [-0.2, 0) is 10.2 Å². The van der Waals surface area contributed by atoms with E-state index in [0.29, 0.717) is 15.2 Å². The van der Waals surface area contributed by atoms with Gasteiger partial charge in [-0.05, 0) is 54.9 Å². The molecule has 4 nitrogen and oxygen atoms in total. The molecule has 0 fully saturated rings. The molecule has 1 aromatic rings. The van der Waals surface area contributed by atoms with E-state index < -0.39 is 15.7 Å². The monoisotopic (exact) mass is 340 g/mol. The van der Waals surface area contributed by atoms with Gasteiger partial charge in [0.2, 0.25) is 0 Å². The van der Waals surface area contributed by atoms with Gasteiger partial charge in [0.15, 0.2) is 0 Å². The van der Waals surface area contributed by atoms with Crippen molar-refractivity contribution < 1.29 is 8.42 Å². The third-order valence-electron chi connectivity index (χ3n) is 1.62. The third-order valence-corrected chi connectivity index (χ3v) is 3.88. The highest BCUT2D eigenvalue weighted by molar-refractivity contribution is 9.10. The predicted octanol–water partition coefficient (Wildman–Crippen LogP) is 3.15. The van der Waals surface area contributed by atoms with Crippen molar-refractivity contribution >= 4 is 43.4 Å². The highest BCUT2D eigenvalue weighted by Gasteiger charge is 2.20. The van der Waals surface area contributed by atoms with Gasteiger partial charge in [-0.1, -0.05) is 11.6 Å². The summed E-state index contributed by atoms with van der Waals surface area (Å²) in [6.07, 6.45) is 0. The molecule has 0 saturated heterocycles. The minimum Gasteiger partial charge on any atom is -0.270 e. The average molecular weight is 342 g/mol. The van der Waals surface area contributed by atoms with Crippen LogP contribution in [0.15, 0.2) is 22.7 Å². The van der Waals surface area contributed by atoms with E-state index in [0.717, 1.165) is 0 Å². The number of halogens is 2. The van der Waals surface area contributed by atoms with Crippen molar-refractivity contribution in [2.24, 2.45) is 0 Å². The van der Waals surface area contributed by atoms with Gasteiger partial charge in [-0.2, -0.15) is 13.1 Å². The molecule has 0 unspecified atom stereocenters. The van der Waals surface area contributed by atoms with Crippen LogP contribution in [0, 0.1) is 0 Å². The van der Waals surface area contributed by atoms with E-state index in [9.17, 15) is 8.42 Å². The number of rotatable bonds is 3. The Morgan fingerprint density at radius 1 is 1.29 bits per heavy atom. The molecule has 7 heteroatoms. The number of hydrogen-bond acceptors (Lipinski definition) is 2. The zero-order valence-electron chi connectivity index (χ0n) is 9.71. The van der Waals surface area contributed by atoms with E-state index in [1.807, 2.05) is 0 Å². The van der Waals surface area contributed by atoms with Gasteiger partial charge in [0, 0.05) is 15.0 Å². The first-order valence-corrected chi connectivity index (χ1v) is 7.51. The van der Waals surface area contributed by atoms with Crippen molar-refractivity contribution in [2.45, 2.75) is 26.3 Å². The second kappa shape index (κ2) is 5.14. The van der Waals surface area contributed by atoms with E-state index in [2.05, 4.69) is 25.4 Å². The first-order chi connectivity index (χ1) is 7.59. The standard InChI is InChI=1S/C10H14BrClN2O2S/c1-10(2,3)14-17(15,16)13-9-5-4-7(12)6-8(9)11/h4-6,13-14H,1-3H3. The molecule has 0 amide bonds. The van der Waals surface area contributed by atoms with Crippen molar-refractivity contribution in [1.82, 2.24) is 4.72 Å². The molecule has 17 heavy (non-hydrogen) atoms. The Bertz CT molecular complexity index is 512. The van der Waals surface area contributed by atoms with E-state index in [4.69, 9.17) is 11.6 Å². The SMILES string of the molecule is CC(C)(C)NS(=O)(=O)Nc1ccc(Cl)cc1Br. The van der Waals surface area contributed by atoms with E-state index in [-0.39, 0.29) is 0 Å². The lowest BCUT2D eigenvalue weighted by atomic mass is 10.1. The molecule has 1 aromatic carbocycles. The molecule has 0 radical (unpaired) electrons. The lowest BCUT2D eigenvalue weighted by Crippen LogP contribution is -2.43. The molecule has 1 rings (SSSR count). The zero-order chi connectivity index (χ0) is 13.3. The van der Waals surface area contributed by atoms with E-state index in [1.165, 1.54) is 0 Å². The summed E-state index contributed by atoms with van der Waals surface area (Å²) < 4.78 is 29.1. The molecule has 0 bridgehead atoms. The molecular formula is C10H14BrClN2O2S. The molecular weight excluding hydrogens is 328 g/mol. The molecule has 0 aliphatic rings. The zero-order valence-corrected chi connectivity index (χ0v) is 12.9. The quantitative estimate of drug-likeness (QED) is 0.887. The Kier molecular flexibility index (Phi) is 4.46. The lowest BCUT2D eigenvalue weighted by molar-refractivity contribution is 0.494. The normalized spacial score (nSPS) is 12.5.